The van der Waals surface area contributed by atoms with Gasteiger partial charge in [0.05, 0.1) is 0 Å². The average molecular weight is 179 g/mol. The summed E-state index contributed by atoms with van der Waals surface area (Å²) in [6, 6.07) is 0. The number of carbonyl (C=O) groups excluding carboxylic acids is 1. The van der Waals surface area contributed by atoms with Crippen LogP contribution in [-0.2, 0) is 9.59 Å². The molecule has 0 aromatic rings. The molecule has 11 heavy (non-hydrogen) atoms. The zero-order valence-electron chi connectivity index (χ0n) is 6.34. The number of carboxylic acid groups (broad SMARTS) is 1. The molecule has 0 aliphatic carbocycles. The van der Waals surface area contributed by atoms with Crippen molar-refractivity contribution in [2.45, 2.75) is 31.6 Å². The Morgan fingerprint density at radius 3 is 2.45 bits per heavy atom. The van der Waals surface area contributed by atoms with Crippen LogP contribution < -0.4 is 0 Å². The van der Waals surface area contributed by atoms with Crippen LogP contribution in [0, 0.1) is 0 Å². The second-order valence-corrected chi connectivity index (χ2v) is 2.81. The Hall–Kier alpha value is -0.570. The Labute approximate surface area is 70.3 Å². The topological polar surface area (TPSA) is 54.4 Å². The van der Waals surface area contributed by atoms with Crippen LogP contribution in [0.2, 0.25) is 0 Å². The molecule has 64 valence electrons. The predicted molar refractivity (Wildman–Crippen MR) is 41.8 cm³/mol. The number of carbonyl (C=O) groups is 2. The Balaban J connectivity index is 3.73. The number of hydrogen-bond acceptors (Lipinski definition) is 2. The van der Waals surface area contributed by atoms with Crippen molar-refractivity contribution in [1.82, 2.24) is 0 Å². The summed E-state index contributed by atoms with van der Waals surface area (Å²) >= 11 is 5.47. The number of ketones is 1. The Morgan fingerprint density at radius 1 is 1.55 bits per heavy atom. The van der Waals surface area contributed by atoms with Gasteiger partial charge in [0, 0.05) is 0 Å². The minimum atomic E-state index is -1.44. The van der Waals surface area contributed by atoms with Gasteiger partial charge in [0.25, 0.3) is 5.78 Å². The van der Waals surface area contributed by atoms with Gasteiger partial charge in [-0.15, -0.1) is 11.6 Å². The first-order chi connectivity index (χ1) is 5.09. The van der Waals surface area contributed by atoms with Gasteiger partial charge >= 0.3 is 5.97 Å². The third kappa shape index (κ3) is 3.98. The number of Topliss-reactive ketones (excluding diaryl/α,β-unsaturated/α-hetero) is 1. The SMILES string of the molecule is CCCCC(Cl)C(=O)C(=O)O. The van der Waals surface area contributed by atoms with E-state index < -0.39 is 17.1 Å². The molecule has 0 fully saturated rings. The summed E-state index contributed by atoms with van der Waals surface area (Å²) < 4.78 is 0. The average Bonchev–Trinajstić information content (AvgIpc) is 1.98. The van der Waals surface area contributed by atoms with Crippen molar-refractivity contribution in [2.24, 2.45) is 0 Å². The van der Waals surface area contributed by atoms with Crippen molar-refractivity contribution >= 4 is 23.4 Å². The molecule has 0 amide bonds. The zero-order chi connectivity index (χ0) is 8.85. The van der Waals surface area contributed by atoms with E-state index in [-0.39, 0.29) is 0 Å². The van der Waals surface area contributed by atoms with Gasteiger partial charge in [0.2, 0.25) is 0 Å². The Bertz CT molecular complexity index is 156. The highest BCUT2D eigenvalue weighted by molar-refractivity contribution is 6.47. The van der Waals surface area contributed by atoms with Crippen LogP contribution in [-0.4, -0.2) is 22.2 Å². The van der Waals surface area contributed by atoms with Crippen molar-refractivity contribution in [1.29, 1.82) is 0 Å². The molecule has 4 heteroatoms. The molecule has 1 unspecified atom stereocenters. The van der Waals surface area contributed by atoms with Gasteiger partial charge in [0.1, 0.15) is 5.38 Å². The monoisotopic (exact) mass is 178 g/mol. The van der Waals surface area contributed by atoms with E-state index in [4.69, 9.17) is 16.7 Å². The number of aliphatic carboxylic acids is 1. The molecule has 0 aliphatic heterocycles. The normalized spacial score (nSPS) is 12.5. The van der Waals surface area contributed by atoms with Crippen molar-refractivity contribution in [3.05, 3.63) is 0 Å². The molecule has 0 spiro atoms. The molecule has 0 aromatic carbocycles. The van der Waals surface area contributed by atoms with Gasteiger partial charge in [-0.1, -0.05) is 19.8 Å². The zero-order valence-corrected chi connectivity index (χ0v) is 7.10. The molecule has 3 nitrogen and oxygen atoms in total. The summed E-state index contributed by atoms with van der Waals surface area (Å²) in [6.07, 6.45) is 2.15. The van der Waals surface area contributed by atoms with Gasteiger partial charge in [-0.3, -0.25) is 4.79 Å². The lowest BCUT2D eigenvalue weighted by Crippen LogP contribution is -2.23. The molecule has 0 bridgehead atoms. The first kappa shape index (κ1) is 10.4. The van der Waals surface area contributed by atoms with E-state index in [0.717, 1.165) is 12.8 Å². The van der Waals surface area contributed by atoms with Crippen LogP contribution in [0.4, 0.5) is 0 Å². The van der Waals surface area contributed by atoms with Crippen LogP contribution in [0.15, 0.2) is 0 Å². The van der Waals surface area contributed by atoms with Crippen molar-refractivity contribution in [3.63, 3.8) is 0 Å². The molecule has 0 heterocycles. The Kier molecular flexibility index (Phi) is 4.86. The third-order valence-corrected chi connectivity index (χ3v) is 1.72. The van der Waals surface area contributed by atoms with E-state index in [1.54, 1.807) is 0 Å². The smallest absolute Gasteiger partial charge is 0.373 e. The second-order valence-electron chi connectivity index (χ2n) is 2.28. The lowest BCUT2D eigenvalue weighted by atomic mass is 10.1. The minimum absolute atomic E-state index is 0.448. The van der Waals surface area contributed by atoms with Crippen molar-refractivity contribution < 1.29 is 14.7 Å². The lowest BCUT2D eigenvalue weighted by Gasteiger charge is -2.02. The summed E-state index contributed by atoms with van der Waals surface area (Å²) in [4.78, 5) is 20.7. The maximum Gasteiger partial charge on any atom is 0.373 e. The first-order valence-corrected chi connectivity index (χ1v) is 3.94. The molecule has 0 aliphatic rings. The summed E-state index contributed by atoms with van der Waals surface area (Å²) in [5.41, 5.74) is 0. The van der Waals surface area contributed by atoms with E-state index in [1.807, 2.05) is 6.92 Å². The number of rotatable bonds is 5. The van der Waals surface area contributed by atoms with Gasteiger partial charge in [0.15, 0.2) is 0 Å². The molecule has 0 saturated carbocycles. The van der Waals surface area contributed by atoms with E-state index in [1.165, 1.54) is 0 Å². The summed E-state index contributed by atoms with van der Waals surface area (Å²) in [6.45, 7) is 1.95. The maximum atomic E-state index is 10.6. The van der Waals surface area contributed by atoms with Gasteiger partial charge in [-0.05, 0) is 6.42 Å². The van der Waals surface area contributed by atoms with Crippen LogP contribution >= 0.6 is 11.6 Å². The highest BCUT2D eigenvalue weighted by Crippen LogP contribution is 2.08. The number of halogens is 1. The van der Waals surface area contributed by atoms with E-state index in [0.29, 0.717) is 6.42 Å². The number of carboxylic acids is 1. The van der Waals surface area contributed by atoms with Crippen molar-refractivity contribution in [2.75, 3.05) is 0 Å². The molecule has 0 radical (unpaired) electrons. The number of hydrogen-bond donors (Lipinski definition) is 1. The first-order valence-electron chi connectivity index (χ1n) is 3.50. The van der Waals surface area contributed by atoms with Gasteiger partial charge in [-0.2, -0.15) is 0 Å². The predicted octanol–water partition coefficient (Wildman–Crippen LogP) is 1.44. The molecule has 1 atom stereocenters. The van der Waals surface area contributed by atoms with E-state index >= 15 is 0 Å². The third-order valence-electron chi connectivity index (χ3n) is 1.31. The van der Waals surface area contributed by atoms with Crippen molar-refractivity contribution in [3.8, 4) is 0 Å². The fourth-order valence-corrected chi connectivity index (χ4v) is 0.896. The maximum absolute atomic E-state index is 10.6. The standard InChI is InChI=1S/C7H11ClO3/c1-2-3-4-5(8)6(9)7(10)11/h5H,2-4H2,1H3,(H,10,11). The molecular weight excluding hydrogens is 168 g/mol. The molecule has 1 N–H and O–H groups in total. The number of unbranched alkanes of at least 4 members (excludes halogenated alkanes) is 1. The Morgan fingerprint density at radius 2 is 2.09 bits per heavy atom. The molecule has 0 saturated heterocycles. The highest BCUT2D eigenvalue weighted by atomic mass is 35.5. The molecule has 0 rings (SSSR count). The van der Waals surface area contributed by atoms with Crippen LogP contribution in [0.3, 0.4) is 0 Å². The quantitative estimate of drug-likeness (QED) is 0.512. The van der Waals surface area contributed by atoms with E-state index in [9.17, 15) is 9.59 Å². The van der Waals surface area contributed by atoms with Crippen LogP contribution in [0.1, 0.15) is 26.2 Å². The second kappa shape index (κ2) is 5.13. The summed E-state index contributed by atoms with van der Waals surface area (Å²) in [5.74, 6) is -2.35. The van der Waals surface area contributed by atoms with E-state index in [2.05, 4.69) is 0 Å². The molecular formula is C7H11ClO3. The summed E-state index contributed by atoms with van der Waals surface area (Å²) in [7, 11) is 0. The summed E-state index contributed by atoms with van der Waals surface area (Å²) in [5, 5.41) is 7.36. The fourth-order valence-electron chi connectivity index (χ4n) is 0.648. The highest BCUT2D eigenvalue weighted by Gasteiger charge is 2.21. The van der Waals surface area contributed by atoms with Crippen LogP contribution in [0.25, 0.3) is 0 Å². The van der Waals surface area contributed by atoms with Crippen LogP contribution in [0.5, 0.6) is 0 Å². The minimum Gasteiger partial charge on any atom is -0.475 e. The lowest BCUT2D eigenvalue weighted by molar-refractivity contribution is -0.148. The number of alkyl halides is 1. The van der Waals surface area contributed by atoms with Gasteiger partial charge in [-0.25, -0.2) is 4.79 Å². The largest absolute Gasteiger partial charge is 0.475 e. The molecule has 0 aromatic heterocycles. The van der Waals surface area contributed by atoms with Gasteiger partial charge < -0.3 is 5.11 Å². The fraction of sp³-hybridized carbons (Fsp3) is 0.714.